The quantitative estimate of drug-likeness (QED) is 0.791. The van der Waals surface area contributed by atoms with Gasteiger partial charge in [0.15, 0.2) is 0 Å². The predicted molar refractivity (Wildman–Crippen MR) is 101 cm³/mol. The smallest absolute Gasteiger partial charge is 0.315 e. The van der Waals surface area contributed by atoms with Crippen molar-refractivity contribution in [1.82, 2.24) is 15.6 Å². The standard InChI is InChI=1S/C20H27N3O2/c1-13(2)14-8-9-18-15(10-14)11-16(19(24)23-18)12-21-20(25)22-17-6-4-3-5-7-17/h8-11,13,17H,3-7,12H2,1-2H3,(H,23,24)(H2,21,22,25). The average Bonchev–Trinajstić information content (AvgIpc) is 2.60. The van der Waals surface area contributed by atoms with Gasteiger partial charge >= 0.3 is 6.03 Å². The van der Waals surface area contributed by atoms with Gasteiger partial charge in [0.25, 0.3) is 5.56 Å². The summed E-state index contributed by atoms with van der Waals surface area (Å²) >= 11 is 0. The Labute approximate surface area is 148 Å². The van der Waals surface area contributed by atoms with Crippen LogP contribution < -0.4 is 16.2 Å². The summed E-state index contributed by atoms with van der Waals surface area (Å²) in [6.07, 6.45) is 5.69. The number of aromatic nitrogens is 1. The molecule has 25 heavy (non-hydrogen) atoms. The number of hydrogen-bond acceptors (Lipinski definition) is 2. The maximum absolute atomic E-state index is 12.2. The summed E-state index contributed by atoms with van der Waals surface area (Å²) in [6, 6.07) is 8.03. The molecule has 1 aromatic heterocycles. The largest absolute Gasteiger partial charge is 0.335 e. The number of fused-ring (bicyclic) bond motifs is 1. The molecule has 0 bridgehead atoms. The Balaban J connectivity index is 1.68. The van der Waals surface area contributed by atoms with E-state index >= 15 is 0 Å². The van der Waals surface area contributed by atoms with Crippen molar-refractivity contribution < 1.29 is 4.79 Å². The second kappa shape index (κ2) is 7.72. The molecule has 3 rings (SSSR count). The number of carbonyl (C=O) groups is 1. The molecule has 134 valence electrons. The third-order valence-corrected chi connectivity index (χ3v) is 4.99. The summed E-state index contributed by atoms with van der Waals surface area (Å²) in [5, 5.41) is 6.82. The molecule has 0 spiro atoms. The van der Waals surface area contributed by atoms with Crippen molar-refractivity contribution in [2.45, 2.75) is 64.5 Å². The molecule has 1 aliphatic carbocycles. The van der Waals surface area contributed by atoms with Gasteiger partial charge < -0.3 is 15.6 Å². The Kier molecular flexibility index (Phi) is 5.41. The van der Waals surface area contributed by atoms with E-state index in [0.717, 1.165) is 23.7 Å². The summed E-state index contributed by atoms with van der Waals surface area (Å²) in [6.45, 7) is 4.52. The summed E-state index contributed by atoms with van der Waals surface area (Å²) < 4.78 is 0. The Morgan fingerprint density at radius 2 is 1.96 bits per heavy atom. The minimum atomic E-state index is -0.192. The Morgan fingerprint density at radius 1 is 1.20 bits per heavy atom. The lowest BCUT2D eigenvalue weighted by Crippen LogP contribution is -2.43. The van der Waals surface area contributed by atoms with Crippen molar-refractivity contribution in [2.75, 3.05) is 0 Å². The van der Waals surface area contributed by atoms with Gasteiger partial charge in [-0.2, -0.15) is 0 Å². The summed E-state index contributed by atoms with van der Waals surface area (Å²) in [5.41, 5.74) is 2.48. The number of H-pyrrole nitrogens is 1. The van der Waals surface area contributed by atoms with Gasteiger partial charge in [-0.1, -0.05) is 39.2 Å². The molecule has 3 N–H and O–H groups in total. The first kappa shape index (κ1) is 17.5. The van der Waals surface area contributed by atoms with Crippen LogP contribution in [0.2, 0.25) is 0 Å². The lowest BCUT2D eigenvalue weighted by Gasteiger charge is -2.22. The highest BCUT2D eigenvalue weighted by atomic mass is 16.2. The Bertz CT molecular complexity index is 804. The summed E-state index contributed by atoms with van der Waals surface area (Å²) in [5.74, 6) is 0.430. The summed E-state index contributed by atoms with van der Waals surface area (Å²) in [7, 11) is 0. The zero-order valence-electron chi connectivity index (χ0n) is 15.0. The Morgan fingerprint density at radius 3 is 2.68 bits per heavy atom. The highest BCUT2D eigenvalue weighted by molar-refractivity contribution is 5.80. The van der Waals surface area contributed by atoms with E-state index < -0.39 is 0 Å². The van der Waals surface area contributed by atoms with Crippen LogP contribution in [0, 0.1) is 0 Å². The SMILES string of the molecule is CC(C)c1ccc2[nH]c(=O)c(CNC(=O)NC3CCCCC3)cc2c1. The number of rotatable bonds is 4. The van der Waals surface area contributed by atoms with E-state index in [4.69, 9.17) is 0 Å². The molecule has 0 unspecified atom stereocenters. The van der Waals surface area contributed by atoms with Gasteiger partial charge in [0, 0.05) is 23.7 Å². The van der Waals surface area contributed by atoms with E-state index in [-0.39, 0.29) is 24.2 Å². The number of carbonyl (C=O) groups excluding carboxylic acids is 1. The van der Waals surface area contributed by atoms with Gasteiger partial charge in [0.1, 0.15) is 0 Å². The van der Waals surface area contributed by atoms with Gasteiger partial charge in [-0.15, -0.1) is 0 Å². The topological polar surface area (TPSA) is 74.0 Å². The molecule has 2 aromatic rings. The molecule has 1 fully saturated rings. The fourth-order valence-corrected chi connectivity index (χ4v) is 3.42. The lowest BCUT2D eigenvalue weighted by molar-refractivity contribution is 0.232. The van der Waals surface area contributed by atoms with Crippen LogP contribution in [0.4, 0.5) is 4.79 Å². The van der Waals surface area contributed by atoms with Crippen LogP contribution in [0.1, 0.15) is 63.0 Å². The van der Waals surface area contributed by atoms with Gasteiger partial charge in [-0.3, -0.25) is 4.79 Å². The third kappa shape index (κ3) is 4.41. The molecule has 1 saturated carbocycles. The van der Waals surface area contributed by atoms with Crippen LogP contribution in [0.25, 0.3) is 10.9 Å². The number of aromatic amines is 1. The van der Waals surface area contributed by atoms with Gasteiger partial charge in [0.2, 0.25) is 0 Å². The van der Waals surface area contributed by atoms with Crippen molar-refractivity contribution in [3.63, 3.8) is 0 Å². The number of hydrogen-bond donors (Lipinski definition) is 3. The van der Waals surface area contributed by atoms with Gasteiger partial charge in [-0.25, -0.2) is 4.79 Å². The van der Waals surface area contributed by atoms with Crippen molar-refractivity contribution in [3.8, 4) is 0 Å². The van der Waals surface area contributed by atoms with Crippen molar-refractivity contribution in [2.24, 2.45) is 0 Å². The normalized spacial score (nSPS) is 15.5. The molecule has 0 saturated heterocycles. The van der Waals surface area contributed by atoms with Gasteiger partial charge in [-0.05, 0) is 47.9 Å². The molecule has 1 heterocycles. The van der Waals surface area contributed by atoms with Crippen molar-refractivity contribution >= 4 is 16.9 Å². The van der Waals surface area contributed by atoms with E-state index in [1.54, 1.807) is 0 Å². The predicted octanol–water partition coefficient (Wildman–Crippen LogP) is 3.78. The maximum atomic E-state index is 12.2. The van der Waals surface area contributed by atoms with Crippen molar-refractivity contribution in [3.05, 3.63) is 45.7 Å². The molecule has 1 aromatic carbocycles. The zero-order valence-corrected chi connectivity index (χ0v) is 15.0. The average molecular weight is 341 g/mol. The fraction of sp³-hybridized carbons (Fsp3) is 0.500. The minimum absolute atomic E-state index is 0.150. The maximum Gasteiger partial charge on any atom is 0.315 e. The Hall–Kier alpha value is -2.30. The third-order valence-electron chi connectivity index (χ3n) is 4.99. The summed E-state index contributed by atoms with van der Waals surface area (Å²) in [4.78, 5) is 27.2. The molecule has 0 atom stereocenters. The molecule has 5 heteroatoms. The first-order valence-electron chi connectivity index (χ1n) is 9.23. The number of benzene rings is 1. The van der Waals surface area contributed by atoms with Crippen LogP contribution in [0.5, 0.6) is 0 Å². The molecular formula is C20H27N3O2. The molecule has 0 aliphatic heterocycles. The number of nitrogens with one attached hydrogen (secondary N) is 3. The number of amides is 2. The molecule has 2 amide bonds. The molecule has 1 aliphatic rings. The van der Waals surface area contributed by atoms with E-state index in [9.17, 15) is 9.59 Å². The van der Waals surface area contributed by atoms with Gasteiger partial charge in [0.05, 0.1) is 0 Å². The van der Waals surface area contributed by atoms with Crippen LogP contribution in [-0.4, -0.2) is 17.1 Å². The van der Waals surface area contributed by atoms with E-state index in [2.05, 4.69) is 35.5 Å². The minimum Gasteiger partial charge on any atom is -0.335 e. The van der Waals surface area contributed by atoms with Crippen LogP contribution in [0.3, 0.4) is 0 Å². The zero-order chi connectivity index (χ0) is 17.8. The second-order valence-corrected chi connectivity index (χ2v) is 7.29. The van der Waals surface area contributed by atoms with Crippen LogP contribution in [-0.2, 0) is 6.54 Å². The lowest BCUT2D eigenvalue weighted by atomic mass is 9.96. The van der Waals surface area contributed by atoms with Crippen molar-refractivity contribution in [1.29, 1.82) is 0 Å². The number of pyridine rings is 1. The second-order valence-electron chi connectivity index (χ2n) is 7.29. The first-order chi connectivity index (χ1) is 12.0. The molecule has 0 radical (unpaired) electrons. The fourth-order valence-electron chi connectivity index (χ4n) is 3.42. The van der Waals surface area contributed by atoms with Crippen LogP contribution in [0.15, 0.2) is 29.1 Å². The van der Waals surface area contributed by atoms with E-state index in [0.29, 0.717) is 11.5 Å². The van der Waals surface area contributed by atoms with Crippen LogP contribution >= 0.6 is 0 Å². The highest BCUT2D eigenvalue weighted by Gasteiger charge is 2.15. The highest BCUT2D eigenvalue weighted by Crippen LogP contribution is 2.20. The monoisotopic (exact) mass is 341 g/mol. The first-order valence-corrected chi connectivity index (χ1v) is 9.23. The molecular weight excluding hydrogens is 314 g/mol. The molecule has 5 nitrogen and oxygen atoms in total. The van der Waals surface area contributed by atoms with E-state index in [1.807, 2.05) is 18.2 Å². The van der Waals surface area contributed by atoms with E-state index in [1.165, 1.54) is 24.8 Å². The number of urea groups is 1.